The highest BCUT2D eigenvalue weighted by Gasteiger charge is 2.31. The van der Waals surface area contributed by atoms with Gasteiger partial charge in [0, 0.05) is 46.3 Å². The van der Waals surface area contributed by atoms with E-state index in [-0.39, 0.29) is 30.7 Å². The first kappa shape index (κ1) is 20.8. The SMILES string of the molecule is Cn1c(=O)n(C2CCC(=O)NC2=O)c2ccc(CN3CC[C@H](OCCCO)C3)cc21. The predicted molar refractivity (Wildman–Crippen MR) is 110 cm³/mol. The van der Waals surface area contributed by atoms with Gasteiger partial charge in [-0.05, 0) is 37.0 Å². The van der Waals surface area contributed by atoms with E-state index >= 15 is 0 Å². The number of nitrogens with one attached hydrogen (secondary N) is 1. The third-order valence-electron chi connectivity index (χ3n) is 5.97. The van der Waals surface area contributed by atoms with Gasteiger partial charge in [-0.15, -0.1) is 0 Å². The number of piperidine rings is 1. The number of rotatable bonds is 7. The highest BCUT2D eigenvalue weighted by Crippen LogP contribution is 2.25. The molecule has 9 heteroatoms. The molecule has 1 aromatic heterocycles. The molecule has 9 nitrogen and oxygen atoms in total. The van der Waals surface area contributed by atoms with Crippen molar-refractivity contribution in [2.75, 3.05) is 26.3 Å². The number of hydrogen-bond acceptors (Lipinski definition) is 6. The number of hydrogen-bond donors (Lipinski definition) is 2. The van der Waals surface area contributed by atoms with E-state index in [2.05, 4.69) is 10.2 Å². The maximum atomic E-state index is 12.9. The van der Waals surface area contributed by atoms with Crippen LogP contribution in [0.1, 0.15) is 37.3 Å². The van der Waals surface area contributed by atoms with Gasteiger partial charge in [0.2, 0.25) is 11.8 Å². The Labute approximate surface area is 174 Å². The minimum absolute atomic E-state index is 0.146. The van der Waals surface area contributed by atoms with Gasteiger partial charge in [0.05, 0.1) is 17.1 Å². The zero-order chi connectivity index (χ0) is 21.3. The molecule has 1 aromatic carbocycles. The number of imidazole rings is 1. The summed E-state index contributed by atoms with van der Waals surface area (Å²) < 4.78 is 8.86. The van der Waals surface area contributed by atoms with Gasteiger partial charge in [0.1, 0.15) is 6.04 Å². The van der Waals surface area contributed by atoms with Crippen molar-refractivity contribution in [1.82, 2.24) is 19.4 Å². The average molecular weight is 416 g/mol. The van der Waals surface area contributed by atoms with Crippen molar-refractivity contribution in [1.29, 1.82) is 0 Å². The van der Waals surface area contributed by atoms with Gasteiger partial charge in [-0.1, -0.05) is 6.07 Å². The standard InChI is InChI=1S/C21H28N4O5/c1-23-18-11-14(12-24-8-7-15(13-24)30-10-2-9-26)3-4-16(18)25(21(23)29)17-5-6-19(27)22-20(17)28/h3-4,11,15,17,26H,2,5-10,12-13H2,1H3,(H,22,27,28)/t15-,17?/m0/s1. The molecule has 0 saturated carbocycles. The highest BCUT2D eigenvalue weighted by atomic mass is 16.5. The minimum atomic E-state index is -0.667. The smallest absolute Gasteiger partial charge is 0.329 e. The molecular formula is C21H28N4O5. The molecule has 0 aliphatic carbocycles. The van der Waals surface area contributed by atoms with Crippen molar-refractivity contribution >= 4 is 22.8 Å². The summed E-state index contributed by atoms with van der Waals surface area (Å²) in [5, 5.41) is 11.2. The lowest BCUT2D eigenvalue weighted by Gasteiger charge is -2.22. The molecule has 1 unspecified atom stereocenters. The highest BCUT2D eigenvalue weighted by molar-refractivity contribution is 6.00. The molecule has 2 aliphatic heterocycles. The maximum absolute atomic E-state index is 12.9. The summed E-state index contributed by atoms with van der Waals surface area (Å²) >= 11 is 0. The molecule has 2 N–H and O–H groups in total. The topological polar surface area (TPSA) is 106 Å². The summed E-state index contributed by atoms with van der Waals surface area (Å²) in [7, 11) is 1.71. The van der Waals surface area contributed by atoms with Crippen LogP contribution in [0, 0.1) is 0 Å². The lowest BCUT2D eigenvalue weighted by Crippen LogP contribution is -2.44. The molecule has 30 heavy (non-hydrogen) atoms. The van der Waals surface area contributed by atoms with Crippen molar-refractivity contribution < 1.29 is 19.4 Å². The number of imide groups is 1. The summed E-state index contributed by atoms with van der Waals surface area (Å²) in [5.74, 6) is -0.717. The molecule has 0 spiro atoms. The second kappa shape index (κ2) is 8.71. The van der Waals surface area contributed by atoms with Gasteiger partial charge < -0.3 is 9.84 Å². The number of fused-ring (bicyclic) bond motifs is 1. The first-order valence-corrected chi connectivity index (χ1v) is 10.5. The molecule has 0 radical (unpaired) electrons. The van der Waals surface area contributed by atoms with E-state index in [1.165, 1.54) is 4.57 Å². The predicted octanol–water partition coefficient (Wildman–Crippen LogP) is 0.291. The molecule has 0 bridgehead atoms. The number of aryl methyl sites for hydroxylation is 1. The van der Waals surface area contributed by atoms with Crippen molar-refractivity contribution in [3.8, 4) is 0 Å². The molecule has 162 valence electrons. The second-order valence-corrected chi connectivity index (χ2v) is 8.10. The maximum Gasteiger partial charge on any atom is 0.329 e. The zero-order valence-corrected chi connectivity index (χ0v) is 17.2. The Hall–Kier alpha value is -2.49. The van der Waals surface area contributed by atoms with Crippen LogP contribution in [0.2, 0.25) is 0 Å². The summed E-state index contributed by atoms with van der Waals surface area (Å²) in [4.78, 5) is 38.9. The average Bonchev–Trinajstić information content (AvgIpc) is 3.26. The van der Waals surface area contributed by atoms with E-state index in [0.29, 0.717) is 25.0 Å². The molecular weight excluding hydrogens is 388 g/mol. The van der Waals surface area contributed by atoms with Crippen molar-refractivity contribution in [2.24, 2.45) is 7.05 Å². The normalized spacial score (nSPS) is 22.7. The van der Waals surface area contributed by atoms with Crippen LogP contribution in [0.3, 0.4) is 0 Å². The Kier molecular flexibility index (Phi) is 6.03. The largest absolute Gasteiger partial charge is 0.396 e. The molecule has 2 amide bonds. The van der Waals surface area contributed by atoms with E-state index in [0.717, 1.165) is 37.1 Å². The Morgan fingerprint density at radius 2 is 2.03 bits per heavy atom. The number of carbonyl (C=O) groups excluding carboxylic acids is 2. The Morgan fingerprint density at radius 3 is 2.80 bits per heavy atom. The number of benzene rings is 1. The van der Waals surface area contributed by atoms with Crippen molar-refractivity contribution in [3.63, 3.8) is 0 Å². The monoisotopic (exact) mass is 416 g/mol. The molecule has 2 saturated heterocycles. The van der Waals surface area contributed by atoms with E-state index in [1.54, 1.807) is 11.6 Å². The summed E-state index contributed by atoms with van der Waals surface area (Å²) in [5.41, 5.74) is 2.31. The number of aliphatic hydroxyl groups is 1. The van der Waals surface area contributed by atoms with Gasteiger partial charge >= 0.3 is 5.69 Å². The number of likely N-dealkylation sites (tertiary alicyclic amines) is 1. The van der Waals surface area contributed by atoms with E-state index in [1.807, 2.05) is 18.2 Å². The fraction of sp³-hybridized carbons (Fsp3) is 0.571. The van der Waals surface area contributed by atoms with Crippen LogP contribution < -0.4 is 11.0 Å². The number of carbonyl (C=O) groups is 2. The number of nitrogens with zero attached hydrogens (tertiary/aromatic N) is 3. The quantitative estimate of drug-likeness (QED) is 0.497. The van der Waals surface area contributed by atoms with E-state index in [9.17, 15) is 14.4 Å². The minimum Gasteiger partial charge on any atom is -0.396 e. The number of ether oxygens (including phenoxy) is 1. The van der Waals surface area contributed by atoms with Gasteiger partial charge in [0.25, 0.3) is 0 Å². The van der Waals surface area contributed by atoms with Crippen LogP contribution in [-0.2, 0) is 27.9 Å². The van der Waals surface area contributed by atoms with Crippen LogP contribution in [0.25, 0.3) is 11.0 Å². The molecule has 3 heterocycles. The van der Waals surface area contributed by atoms with Gasteiger partial charge in [-0.25, -0.2) is 4.79 Å². The molecule has 2 aromatic rings. The lowest BCUT2D eigenvalue weighted by atomic mass is 10.1. The Bertz CT molecular complexity index is 1010. The van der Waals surface area contributed by atoms with Crippen LogP contribution in [0.4, 0.5) is 0 Å². The summed E-state index contributed by atoms with van der Waals surface area (Å²) in [6.45, 7) is 3.27. The Balaban J connectivity index is 1.51. The molecule has 2 fully saturated rings. The van der Waals surface area contributed by atoms with Crippen molar-refractivity contribution in [2.45, 2.75) is 44.4 Å². The number of aliphatic hydroxyl groups excluding tert-OH is 1. The molecule has 2 aliphatic rings. The van der Waals surface area contributed by atoms with Crippen LogP contribution in [0.15, 0.2) is 23.0 Å². The van der Waals surface area contributed by atoms with Gasteiger partial charge in [-0.2, -0.15) is 0 Å². The second-order valence-electron chi connectivity index (χ2n) is 8.10. The number of amides is 2. The third kappa shape index (κ3) is 4.05. The van der Waals surface area contributed by atoms with E-state index < -0.39 is 11.9 Å². The summed E-state index contributed by atoms with van der Waals surface area (Å²) in [6, 6.07) is 5.21. The zero-order valence-electron chi connectivity index (χ0n) is 17.2. The lowest BCUT2D eigenvalue weighted by molar-refractivity contribution is -0.135. The van der Waals surface area contributed by atoms with Crippen LogP contribution in [-0.4, -0.2) is 63.4 Å². The van der Waals surface area contributed by atoms with Gasteiger partial charge in [0.15, 0.2) is 0 Å². The first-order valence-electron chi connectivity index (χ1n) is 10.5. The van der Waals surface area contributed by atoms with Gasteiger partial charge in [-0.3, -0.25) is 28.9 Å². The van der Waals surface area contributed by atoms with Crippen LogP contribution >= 0.6 is 0 Å². The molecule has 2 atom stereocenters. The third-order valence-corrected chi connectivity index (χ3v) is 5.97. The first-order chi connectivity index (χ1) is 14.5. The van der Waals surface area contributed by atoms with Crippen LogP contribution in [0.5, 0.6) is 0 Å². The fourth-order valence-corrected chi connectivity index (χ4v) is 4.39. The number of aromatic nitrogens is 2. The van der Waals surface area contributed by atoms with Crippen molar-refractivity contribution in [3.05, 3.63) is 34.2 Å². The molecule has 4 rings (SSSR count). The summed E-state index contributed by atoms with van der Waals surface area (Å²) in [6.07, 6.45) is 2.38. The fourth-order valence-electron chi connectivity index (χ4n) is 4.39. The van der Waals surface area contributed by atoms with E-state index in [4.69, 9.17) is 9.84 Å². The Morgan fingerprint density at radius 1 is 1.20 bits per heavy atom.